The maximum atomic E-state index is 13.0. The van der Waals surface area contributed by atoms with Crippen LogP contribution in [0, 0.1) is 5.82 Å². The van der Waals surface area contributed by atoms with Gasteiger partial charge in [-0.25, -0.2) is 9.37 Å². The zero-order valence-corrected chi connectivity index (χ0v) is 12.5. The molecule has 110 valence electrons. The number of rotatable bonds is 3. The van der Waals surface area contributed by atoms with Crippen LogP contribution in [-0.2, 0) is 6.42 Å². The summed E-state index contributed by atoms with van der Waals surface area (Å²) in [6.07, 6.45) is 1.99. The van der Waals surface area contributed by atoms with Gasteiger partial charge in [0, 0.05) is 11.3 Å². The van der Waals surface area contributed by atoms with Gasteiger partial charge in [0.25, 0.3) is 0 Å². The van der Waals surface area contributed by atoms with Crippen LogP contribution < -0.4 is 5.73 Å². The van der Waals surface area contributed by atoms with Gasteiger partial charge in [-0.3, -0.25) is 4.40 Å². The molecule has 0 saturated carbocycles. The van der Waals surface area contributed by atoms with Crippen LogP contribution in [0.15, 0.2) is 42.5 Å². The molecule has 5 heteroatoms. The van der Waals surface area contributed by atoms with Crippen molar-refractivity contribution in [3.8, 4) is 11.3 Å². The predicted molar refractivity (Wildman–Crippen MR) is 86.2 cm³/mol. The Morgan fingerprint density at radius 3 is 2.52 bits per heavy atom. The number of hydrogen-bond acceptors (Lipinski definition) is 2. The van der Waals surface area contributed by atoms with E-state index in [2.05, 4.69) is 18.0 Å². The molecule has 3 aromatic rings. The van der Waals surface area contributed by atoms with Gasteiger partial charge in [0.1, 0.15) is 23.0 Å². The summed E-state index contributed by atoms with van der Waals surface area (Å²) in [6, 6.07) is 12.2. The molecule has 3 nitrogen and oxygen atoms in total. The number of pyridine rings is 1. The molecule has 0 aliphatic rings. The standard InChI is InChI=1S/C16H16FN3.ClH/c1-2-4-13-5-3-6-14-19-15(16(18)20(13)14)11-7-9-12(17)10-8-11;/h3,5-10H,2,4,18H2,1H3;1H. The third-order valence-corrected chi connectivity index (χ3v) is 3.38. The second-order valence-electron chi connectivity index (χ2n) is 4.81. The summed E-state index contributed by atoms with van der Waals surface area (Å²) in [6.45, 7) is 2.13. The lowest BCUT2D eigenvalue weighted by atomic mass is 10.1. The average Bonchev–Trinajstić information content (AvgIpc) is 2.79. The fourth-order valence-corrected chi connectivity index (χ4v) is 2.46. The number of aromatic nitrogens is 2. The van der Waals surface area contributed by atoms with Gasteiger partial charge < -0.3 is 5.73 Å². The first kappa shape index (κ1) is 15.3. The van der Waals surface area contributed by atoms with Crippen molar-refractivity contribution in [2.75, 3.05) is 5.73 Å². The minimum atomic E-state index is -0.261. The molecule has 0 spiro atoms. The van der Waals surface area contributed by atoms with E-state index < -0.39 is 0 Å². The molecule has 0 fully saturated rings. The number of hydrogen-bond donors (Lipinski definition) is 1. The molecule has 0 saturated heterocycles. The summed E-state index contributed by atoms with van der Waals surface area (Å²) in [4.78, 5) is 4.57. The lowest BCUT2D eigenvalue weighted by molar-refractivity contribution is 0.628. The van der Waals surface area contributed by atoms with Crippen molar-refractivity contribution in [2.24, 2.45) is 0 Å². The highest BCUT2D eigenvalue weighted by molar-refractivity contribution is 5.85. The zero-order valence-electron chi connectivity index (χ0n) is 11.7. The van der Waals surface area contributed by atoms with E-state index in [-0.39, 0.29) is 18.2 Å². The molecule has 0 amide bonds. The Labute approximate surface area is 129 Å². The fourth-order valence-electron chi connectivity index (χ4n) is 2.46. The molecular formula is C16H17ClFN3. The van der Waals surface area contributed by atoms with E-state index in [1.165, 1.54) is 12.1 Å². The lowest BCUT2D eigenvalue weighted by Crippen LogP contribution is -2.00. The van der Waals surface area contributed by atoms with E-state index in [4.69, 9.17) is 5.73 Å². The van der Waals surface area contributed by atoms with Crippen LogP contribution in [-0.4, -0.2) is 9.38 Å². The number of aryl methyl sites for hydroxylation is 1. The Morgan fingerprint density at radius 1 is 1.14 bits per heavy atom. The molecule has 21 heavy (non-hydrogen) atoms. The molecular weight excluding hydrogens is 289 g/mol. The van der Waals surface area contributed by atoms with Crippen molar-refractivity contribution < 1.29 is 4.39 Å². The van der Waals surface area contributed by atoms with Crippen LogP contribution in [0.5, 0.6) is 0 Å². The summed E-state index contributed by atoms with van der Waals surface area (Å²) in [5.41, 5.74) is 9.75. The summed E-state index contributed by atoms with van der Waals surface area (Å²) in [5, 5.41) is 0. The maximum Gasteiger partial charge on any atom is 0.139 e. The van der Waals surface area contributed by atoms with Crippen molar-refractivity contribution >= 4 is 23.9 Å². The van der Waals surface area contributed by atoms with Crippen molar-refractivity contribution in [1.29, 1.82) is 0 Å². The van der Waals surface area contributed by atoms with E-state index in [1.54, 1.807) is 12.1 Å². The number of nitrogen functional groups attached to an aromatic ring is 1. The second kappa shape index (κ2) is 6.14. The van der Waals surface area contributed by atoms with Crippen LogP contribution in [0.3, 0.4) is 0 Å². The highest BCUT2D eigenvalue weighted by atomic mass is 35.5. The number of imidazole rings is 1. The summed E-state index contributed by atoms with van der Waals surface area (Å²) in [5.74, 6) is 0.346. The number of halogens is 2. The van der Waals surface area contributed by atoms with Crippen molar-refractivity contribution in [3.63, 3.8) is 0 Å². The highest BCUT2D eigenvalue weighted by Crippen LogP contribution is 2.27. The van der Waals surface area contributed by atoms with Crippen molar-refractivity contribution in [2.45, 2.75) is 19.8 Å². The smallest absolute Gasteiger partial charge is 0.139 e. The largest absolute Gasteiger partial charge is 0.383 e. The Morgan fingerprint density at radius 2 is 1.86 bits per heavy atom. The molecule has 2 heterocycles. The highest BCUT2D eigenvalue weighted by Gasteiger charge is 2.13. The maximum absolute atomic E-state index is 13.0. The van der Waals surface area contributed by atoms with Crippen LogP contribution in [0.1, 0.15) is 19.0 Å². The van der Waals surface area contributed by atoms with Gasteiger partial charge >= 0.3 is 0 Å². The Hall–Kier alpha value is -2.07. The summed E-state index contributed by atoms with van der Waals surface area (Å²) in [7, 11) is 0. The molecule has 0 atom stereocenters. The monoisotopic (exact) mass is 305 g/mol. The SMILES string of the molecule is CCCc1cccc2nc(-c3ccc(F)cc3)c(N)n12.Cl. The Bertz CT molecular complexity index is 750. The summed E-state index contributed by atoms with van der Waals surface area (Å²) >= 11 is 0. The molecule has 2 N–H and O–H groups in total. The predicted octanol–water partition coefficient (Wildman–Crippen LogP) is 4.10. The molecule has 3 rings (SSSR count). The fraction of sp³-hybridized carbons (Fsp3) is 0.188. The molecule has 1 aromatic carbocycles. The number of fused-ring (bicyclic) bond motifs is 1. The average molecular weight is 306 g/mol. The minimum absolute atomic E-state index is 0. The summed E-state index contributed by atoms with van der Waals surface area (Å²) < 4.78 is 15.0. The van der Waals surface area contributed by atoms with E-state index >= 15 is 0 Å². The Kier molecular flexibility index (Phi) is 4.48. The van der Waals surface area contributed by atoms with Gasteiger partial charge in [0.15, 0.2) is 0 Å². The van der Waals surface area contributed by atoms with E-state index in [1.807, 2.05) is 16.5 Å². The Balaban J connectivity index is 0.00000161. The minimum Gasteiger partial charge on any atom is -0.383 e. The van der Waals surface area contributed by atoms with Gasteiger partial charge in [-0.2, -0.15) is 0 Å². The first-order valence-corrected chi connectivity index (χ1v) is 6.72. The van der Waals surface area contributed by atoms with Gasteiger partial charge in [-0.05, 0) is 42.8 Å². The quantitative estimate of drug-likeness (QED) is 0.792. The van der Waals surface area contributed by atoms with E-state index in [0.717, 1.165) is 29.7 Å². The van der Waals surface area contributed by atoms with Gasteiger partial charge in [0.05, 0.1) is 0 Å². The molecule has 0 radical (unpaired) electrons. The molecule has 2 aromatic heterocycles. The molecule has 0 unspecified atom stereocenters. The topological polar surface area (TPSA) is 43.3 Å². The normalized spacial score (nSPS) is 10.6. The number of benzene rings is 1. The van der Waals surface area contributed by atoms with Gasteiger partial charge in [-0.1, -0.05) is 19.4 Å². The van der Waals surface area contributed by atoms with Crippen LogP contribution >= 0.6 is 12.4 Å². The lowest BCUT2D eigenvalue weighted by Gasteiger charge is -2.05. The van der Waals surface area contributed by atoms with Crippen molar-refractivity contribution in [1.82, 2.24) is 9.38 Å². The number of nitrogens with two attached hydrogens (primary N) is 1. The van der Waals surface area contributed by atoms with Gasteiger partial charge in [-0.15, -0.1) is 12.4 Å². The third-order valence-electron chi connectivity index (χ3n) is 3.38. The van der Waals surface area contributed by atoms with Crippen molar-refractivity contribution in [3.05, 3.63) is 54.0 Å². The van der Waals surface area contributed by atoms with E-state index in [9.17, 15) is 4.39 Å². The first-order valence-electron chi connectivity index (χ1n) is 6.72. The van der Waals surface area contributed by atoms with E-state index in [0.29, 0.717) is 11.5 Å². The third kappa shape index (κ3) is 2.72. The zero-order chi connectivity index (χ0) is 14.1. The molecule has 0 bridgehead atoms. The van der Waals surface area contributed by atoms with Crippen LogP contribution in [0.2, 0.25) is 0 Å². The van der Waals surface area contributed by atoms with Gasteiger partial charge in [0.2, 0.25) is 0 Å². The first-order chi connectivity index (χ1) is 9.70. The molecule has 0 aliphatic carbocycles. The van der Waals surface area contributed by atoms with Crippen LogP contribution in [0.25, 0.3) is 16.9 Å². The molecule has 0 aliphatic heterocycles. The number of nitrogens with zero attached hydrogens (tertiary/aromatic N) is 2. The van der Waals surface area contributed by atoms with Crippen LogP contribution in [0.4, 0.5) is 10.2 Å². The number of anilines is 1. The second-order valence-corrected chi connectivity index (χ2v) is 4.81.